The molecule has 1 heterocycles. The standard InChI is InChI=1S/C35H28BrN3O5S/c1-43-31-14-8-5-11-27(31)32-20-17-25(44-32)21-30(39-34(41)23-9-3-2-4-10-23)35(42)37-24-15-18-26(19-16-24)45-22-33(40)38-29-13-7-6-12-28(29)36/h2-21H,22H2,1H3,(H,37,42)(H,38,40)(H,39,41)/b30-21+. The highest BCUT2D eigenvalue weighted by Gasteiger charge is 2.17. The Morgan fingerprint density at radius 2 is 1.53 bits per heavy atom. The van der Waals surface area contributed by atoms with Crippen LogP contribution in [0.3, 0.4) is 0 Å². The van der Waals surface area contributed by atoms with E-state index in [-0.39, 0.29) is 17.4 Å². The average Bonchev–Trinajstić information content (AvgIpc) is 3.54. The third kappa shape index (κ3) is 8.53. The van der Waals surface area contributed by atoms with Crippen molar-refractivity contribution in [2.24, 2.45) is 0 Å². The molecule has 8 nitrogen and oxygen atoms in total. The van der Waals surface area contributed by atoms with E-state index in [1.807, 2.05) is 60.7 Å². The summed E-state index contributed by atoms with van der Waals surface area (Å²) in [5, 5.41) is 8.42. The summed E-state index contributed by atoms with van der Waals surface area (Å²) in [5.74, 6) is 0.645. The summed E-state index contributed by atoms with van der Waals surface area (Å²) in [5.41, 5.74) is 2.36. The molecule has 45 heavy (non-hydrogen) atoms. The Bertz CT molecular complexity index is 1840. The van der Waals surface area contributed by atoms with Crippen LogP contribution >= 0.6 is 27.7 Å². The van der Waals surface area contributed by atoms with Gasteiger partial charge in [0.05, 0.1) is 24.1 Å². The van der Waals surface area contributed by atoms with Crippen LogP contribution in [0.1, 0.15) is 16.1 Å². The number of benzene rings is 4. The van der Waals surface area contributed by atoms with Crippen molar-refractivity contribution in [1.82, 2.24) is 5.32 Å². The molecule has 10 heteroatoms. The van der Waals surface area contributed by atoms with E-state index in [1.54, 1.807) is 61.7 Å². The van der Waals surface area contributed by atoms with Crippen molar-refractivity contribution in [2.45, 2.75) is 4.90 Å². The number of rotatable bonds is 11. The number of hydrogen-bond donors (Lipinski definition) is 3. The van der Waals surface area contributed by atoms with Gasteiger partial charge in [-0.05, 0) is 88.7 Å². The van der Waals surface area contributed by atoms with Crippen molar-refractivity contribution >= 4 is 62.9 Å². The molecule has 5 rings (SSSR count). The lowest BCUT2D eigenvalue weighted by molar-refractivity contribution is -0.114. The molecule has 0 aliphatic heterocycles. The van der Waals surface area contributed by atoms with Gasteiger partial charge >= 0.3 is 0 Å². The van der Waals surface area contributed by atoms with Crippen LogP contribution in [-0.4, -0.2) is 30.6 Å². The van der Waals surface area contributed by atoms with E-state index in [0.29, 0.717) is 34.2 Å². The molecule has 0 saturated carbocycles. The highest BCUT2D eigenvalue weighted by atomic mass is 79.9. The number of anilines is 2. The van der Waals surface area contributed by atoms with Gasteiger partial charge in [-0.25, -0.2) is 0 Å². The van der Waals surface area contributed by atoms with Gasteiger partial charge < -0.3 is 25.1 Å². The third-order valence-corrected chi connectivity index (χ3v) is 8.15. The van der Waals surface area contributed by atoms with E-state index >= 15 is 0 Å². The van der Waals surface area contributed by atoms with Crippen LogP contribution in [0.15, 0.2) is 135 Å². The Kier molecular flexibility index (Phi) is 10.5. The number of ether oxygens (including phenoxy) is 1. The van der Waals surface area contributed by atoms with E-state index in [1.165, 1.54) is 17.8 Å². The largest absolute Gasteiger partial charge is 0.496 e. The lowest BCUT2D eigenvalue weighted by Gasteiger charge is -2.11. The summed E-state index contributed by atoms with van der Waals surface area (Å²) in [6.45, 7) is 0. The summed E-state index contributed by atoms with van der Waals surface area (Å²) in [6, 6.07) is 34.0. The Hall–Kier alpha value is -5.06. The van der Waals surface area contributed by atoms with Crippen LogP contribution in [-0.2, 0) is 9.59 Å². The molecular weight excluding hydrogens is 654 g/mol. The number of methoxy groups -OCH3 is 1. The van der Waals surface area contributed by atoms with Crippen molar-refractivity contribution in [3.63, 3.8) is 0 Å². The number of halogens is 1. The second-order valence-electron chi connectivity index (χ2n) is 9.58. The maximum absolute atomic E-state index is 13.4. The first-order valence-electron chi connectivity index (χ1n) is 13.8. The van der Waals surface area contributed by atoms with Crippen molar-refractivity contribution < 1.29 is 23.5 Å². The first kappa shape index (κ1) is 31.4. The monoisotopic (exact) mass is 681 g/mol. The molecule has 3 N–H and O–H groups in total. The molecule has 0 saturated heterocycles. The fourth-order valence-electron chi connectivity index (χ4n) is 4.24. The fourth-order valence-corrected chi connectivity index (χ4v) is 5.32. The molecular formula is C35H28BrN3O5S. The van der Waals surface area contributed by atoms with Crippen molar-refractivity contribution in [2.75, 3.05) is 23.5 Å². The van der Waals surface area contributed by atoms with Crippen molar-refractivity contribution in [1.29, 1.82) is 0 Å². The first-order valence-corrected chi connectivity index (χ1v) is 15.6. The second-order valence-corrected chi connectivity index (χ2v) is 11.5. The van der Waals surface area contributed by atoms with E-state index in [0.717, 1.165) is 14.9 Å². The Morgan fingerprint density at radius 3 is 2.29 bits per heavy atom. The fraction of sp³-hybridized carbons (Fsp3) is 0.0571. The molecule has 0 unspecified atom stereocenters. The number of carbonyl (C=O) groups is 3. The highest BCUT2D eigenvalue weighted by molar-refractivity contribution is 9.10. The summed E-state index contributed by atoms with van der Waals surface area (Å²) in [7, 11) is 1.58. The SMILES string of the molecule is COc1ccccc1-c1ccc(/C=C(/NC(=O)c2ccccc2)C(=O)Nc2ccc(SCC(=O)Nc3ccccc3Br)cc2)o1. The molecule has 226 valence electrons. The van der Waals surface area contributed by atoms with Crippen LogP contribution in [0.5, 0.6) is 5.75 Å². The van der Waals surface area contributed by atoms with Crippen LogP contribution < -0.4 is 20.7 Å². The molecule has 0 atom stereocenters. The van der Waals surface area contributed by atoms with Gasteiger partial charge in [0, 0.05) is 26.7 Å². The highest BCUT2D eigenvalue weighted by Crippen LogP contribution is 2.31. The molecule has 5 aromatic rings. The second kappa shape index (κ2) is 15.1. The van der Waals surface area contributed by atoms with Gasteiger partial charge in [-0.3, -0.25) is 14.4 Å². The topological polar surface area (TPSA) is 110 Å². The molecule has 1 aromatic heterocycles. The Balaban J connectivity index is 1.29. The van der Waals surface area contributed by atoms with Gasteiger partial charge in [0.25, 0.3) is 11.8 Å². The van der Waals surface area contributed by atoms with Crippen LogP contribution in [0.25, 0.3) is 17.4 Å². The summed E-state index contributed by atoms with van der Waals surface area (Å²) in [4.78, 5) is 39.7. The number of furan rings is 1. The zero-order valence-electron chi connectivity index (χ0n) is 24.1. The third-order valence-electron chi connectivity index (χ3n) is 6.44. The van der Waals surface area contributed by atoms with E-state index in [4.69, 9.17) is 9.15 Å². The minimum absolute atomic E-state index is 0.00743. The number of amides is 3. The molecule has 0 fully saturated rings. The van der Waals surface area contributed by atoms with Gasteiger partial charge in [0.1, 0.15) is 23.0 Å². The molecule has 0 bridgehead atoms. The van der Waals surface area contributed by atoms with Crippen molar-refractivity contribution in [3.8, 4) is 17.1 Å². The van der Waals surface area contributed by atoms with Crippen LogP contribution in [0.2, 0.25) is 0 Å². The minimum atomic E-state index is -0.539. The van der Waals surface area contributed by atoms with Gasteiger partial charge in [0.15, 0.2) is 0 Å². The van der Waals surface area contributed by atoms with Crippen molar-refractivity contribution in [3.05, 3.63) is 137 Å². The lowest BCUT2D eigenvalue weighted by atomic mass is 10.1. The number of nitrogens with one attached hydrogen (secondary N) is 3. The summed E-state index contributed by atoms with van der Waals surface area (Å²) < 4.78 is 12.3. The Morgan fingerprint density at radius 1 is 0.822 bits per heavy atom. The van der Waals surface area contributed by atoms with Gasteiger partial charge in [0.2, 0.25) is 5.91 Å². The molecule has 0 aliphatic rings. The summed E-state index contributed by atoms with van der Waals surface area (Å²) in [6.07, 6.45) is 1.48. The number of carbonyl (C=O) groups excluding carboxylic acids is 3. The number of para-hydroxylation sites is 2. The number of hydrogen-bond acceptors (Lipinski definition) is 6. The average molecular weight is 683 g/mol. The Labute approximate surface area is 273 Å². The number of thioether (sulfide) groups is 1. The smallest absolute Gasteiger partial charge is 0.272 e. The zero-order valence-corrected chi connectivity index (χ0v) is 26.5. The van der Waals surface area contributed by atoms with Gasteiger partial charge in [-0.1, -0.05) is 42.5 Å². The lowest BCUT2D eigenvalue weighted by Crippen LogP contribution is -2.30. The van der Waals surface area contributed by atoms with E-state index < -0.39 is 11.8 Å². The predicted molar refractivity (Wildman–Crippen MR) is 181 cm³/mol. The van der Waals surface area contributed by atoms with Gasteiger partial charge in [-0.2, -0.15) is 0 Å². The quantitative estimate of drug-likeness (QED) is 0.0967. The molecule has 3 amide bonds. The van der Waals surface area contributed by atoms with Crippen LogP contribution in [0.4, 0.5) is 11.4 Å². The van der Waals surface area contributed by atoms with Gasteiger partial charge in [-0.15, -0.1) is 11.8 Å². The normalized spacial score (nSPS) is 11.0. The van der Waals surface area contributed by atoms with E-state index in [9.17, 15) is 14.4 Å². The molecule has 0 radical (unpaired) electrons. The maximum Gasteiger partial charge on any atom is 0.272 e. The maximum atomic E-state index is 13.4. The molecule has 0 spiro atoms. The van der Waals surface area contributed by atoms with E-state index in [2.05, 4.69) is 31.9 Å². The minimum Gasteiger partial charge on any atom is -0.496 e. The van der Waals surface area contributed by atoms with Crippen LogP contribution in [0, 0.1) is 0 Å². The molecule has 4 aromatic carbocycles. The first-order chi connectivity index (χ1) is 21.9. The summed E-state index contributed by atoms with van der Waals surface area (Å²) >= 11 is 4.79. The molecule has 0 aliphatic carbocycles. The zero-order chi connectivity index (χ0) is 31.6. The predicted octanol–water partition coefficient (Wildman–Crippen LogP) is 7.86.